The van der Waals surface area contributed by atoms with Gasteiger partial charge < -0.3 is 10.1 Å². The number of hydrogen-bond acceptors (Lipinski definition) is 2. The molecule has 0 bridgehead atoms. The second-order valence-electron chi connectivity index (χ2n) is 3.65. The molecule has 0 aromatic carbocycles. The summed E-state index contributed by atoms with van der Waals surface area (Å²) in [6.07, 6.45) is 0.604. The van der Waals surface area contributed by atoms with Crippen LogP contribution in [0.4, 0.5) is 0 Å². The van der Waals surface area contributed by atoms with Gasteiger partial charge in [0.2, 0.25) is 5.91 Å². The maximum atomic E-state index is 11.4. The van der Waals surface area contributed by atoms with Gasteiger partial charge in [0.25, 0.3) is 0 Å². The third-order valence-electron chi connectivity index (χ3n) is 2.29. The van der Waals surface area contributed by atoms with Crippen molar-refractivity contribution in [2.24, 2.45) is 5.92 Å². The van der Waals surface area contributed by atoms with Crippen LogP contribution in [-0.2, 0) is 9.53 Å². The van der Waals surface area contributed by atoms with Crippen LogP contribution in [0.2, 0.25) is 0 Å². The van der Waals surface area contributed by atoms with Gasteiger partial charge in [-0.25, -0.2) is 0 Å². The molecule has 0 aromatic rings. The first-order chi connectivity index (χ1) is 6.02. The van der Waals surface area contributed by atoms with Crippen LogP contribution in [0.1, 0.15) is 34.1 Å². The van der Waals surface area contributed by atoms with E-state index in [4.69, 9.17) is 4.74 Å². The Morgan fingerprint density at radius 1 is 1.38 bits per heavy atom. The summed E-state index contributed by atoms with van der Waals surface area (Å²) in [5.74, 6) is 0.445. The highest BCUT2D eigenvalue weighted by Crippen LogP contribution is 2.05. The fourth-order valence-corrected chi connectivity index (χ4v) is 1.15. The zero-order valence-corrected chi connectivity index (χ0v) is 9.26. The van der Waals surface area contributed by atoms with Crippen molar-refractivity contribution >= 4 is 5.91 Å². The third kappa shape index (κ3) is 4.27. The normalized spacial score (nSPS) is 15.5. The molecule has 13 heavy (non-hydrogen) atoms. The average Bonchev–Trinajstić information content (AvgIpc) is 2.11. The summed E-state index contributed by atoms with van der Waals surface area (Å²) < 4.78 is 4.93. The van der Waals surface area contributed by atoms with Crippen LogP contribution in [0.15, 0.2) is 0 Å². The first kappa shape index (κ1) is 12.4. The van der Waals surface area contributed by atoms with Gasteiger partial charge >= 0.3 is 0 Å². The Labute approximate surface area is 80.8 Å². The summed E-state index contributed by atoms with van der Waals surface area (Å²) in [6.45, 7) is 8.03. The molecule has 0 saturated heterocycles. The Morgan fingerprint density at radius 3 is 2.23 bits per heavy atom. The van der Waals surface area contributed by atoms with Gasteiger partial charge in [-0.3, -0.25) is 4.79 Å². The van der Waals surface area contributed by atoms with Crippen LogP contribution in [0.5, 0.6) is 0 Å². The predicted molar refractivity (Wildman–Crippen MR) is 53.5 cm³/mol. The number of carbonyl (C=O) groups is 1. The molecule has 1 N–H and O–H groups in total. The van der Waals surface area contributed by atoms with Gasteiger partial charge in [-0.05, 0) is 19.3 Å². The molecule has 0 fully saturated rings. The second-order valence-corrected chi connectivity index (χ2v) is 3.65. The van der Waals surface area contributed by atoms with E-state index >= 15 is 0 Å². The summed E-state index contributed by atoms with van der Waals surface area (Å²) in [6, 6.07) is 0.255. The van der Waals surface area contributed by atoms with Crippen molar-refractivity contribution in [2.75, 3.05) is 7.11 Å². The minimum absolute atomic E-state index is 0.0250. The molecule has 0 aliphatic heterocycles. The van der Waals surface area contributed by atoms with Crippen molar-refractivity contribution in [1.29, 1.82) is 0 Å². The highest BCUT2D eigenvalue weighted by Gasteiger charge is 2.17. The van der Waals surface area contributed by atoms with Crippen LogP contribution in [0.25, 0.3) is 0 Å². The summed E-state index contributed by atoms with van der Waals surface area (Å²) >= 11 is 0. The fourth-order valence-electron chi connectivity index (χ4n) is 1.15. The van der Waals surface area contributed by atoms with Gasteiger partial charge in [0.05, 0.1) is 0 Å². The molecule has 2 atom stereocenters. The predicted octanol–water partition coefficient (Wildman–Crippen LogP) is 1.57. The molecule has 0 heterocycles. The molecule has 3 heteroatoms. The molecule has 78 valence electrons. The van der Waals surface area contributed by atoms with Crippen LogP contribution in [0.3, 0.4) is 0 Å². The van der Waals surface area contributed by atoms with Crippen LogP contribution in [-0.4, -0.2) is 25.2 Å². The van der Waals surface area contributed by atoms with Gasteiger partial charge in [0.15, 0.2) is 0 Å². The zero-order chi connectivity index (χ0) is 10.4. The molecule has 0 aromatic heterocycles. The van der Waals surface area contributed by atoms with E-state index in [-0.39, 0.29) is 18.1 Å². The van der Waals surface area contributed by atoms with Crippen LogP contribution < -0.4 is 5.32 Å². The summed E-state index contributed by atoms with van der Waals surface area (Å²) in [7, 11) is 1.54. The van der Waals surface area contributed by atoms with E-state index in [0.717, 1.165) is 6.42 Å². The maximum Gasteiger partial charge on any atom is 0.249 e. The van der Waals surface area contributed by atoms with E-state index in [9.17, 15) is 4.79 Å². The minimum atomic E-state index is -0.354. The second kappa shape index (κ2) is 5.97. The number of amides is 1. The van der Waals surface area contributed by atoms with E-state index in [2.05, 4.69) is 26.1 Å². The van der Waals surface area contributed by atoms with E-state index in [1.54, 1.807) is 14.0 Å². The SMILES string of the molecule is CCC(NC(=O)C(C)OC)C(C)C. The van der Waals surface area contributed by atoms with Crippen LogP contribution >= 0.6 is 0 Å². The summed E-state index contributed by atoms with van der Waals surface area (Å²) in [5.41, 5.74) is 0. The first-order valence-electron chi connectivity index (χ1n) is 4.86. The van der Waals surface area contributed by atoms with Crippen molar-refractivity contribution in [3.63, 3.8) is 0 Å². The Morgan fingerprint density at radius 2 is 1.92 bits per heavy atom. The van der Waals surface area contributed by atoms with E-state index in [1.807, 2.05) is 0 Å². The molecule has 0 spiro atoms. The maximum absolute atomic E-state index is 11.4. The van der Waals surface area contributed by atoms with E-state index in [0.29, 0.717) is 5.92 Å². The van der Waals surface area contributed by atoms with Gasteiger partial charge in [-0.1, -0.05) is 20.8 Å². The smallest absolute Gasteiger partial charge is 0.249 e. The lowest BCUT2D eigenvalue weighted by atomic mass is 10.0. The average molecular weight is 187 g/mol. The Kier molecular flexibility index (Phi) is 5.71. The Bertz CT molecular complexity index is 157. The van der Waals surface area contributed by atoms with E-state index < -0.39 is 0 Å². The number of ether oxygens (including phenoxy) is 1. The van der Waals surface area contributed by atoms with Gasteiger partial charge in [0, 0.05) is 13.2 Å². The van der Waals surface area contributed by atoms with Crippen LogP contribution in [0, 0.1) is 5.92 Å². The topological polar surface area (TPSA) is 38.3 Å². The molecular weight excluding hydrogens is 166 g/mol. The van der Waals surface area contributed by atoms with Gasteiger partial charge in [-0.15, -0.1) is 0 Å². The molecule has 3 nitrogen and oxygen atoms in total. The Balaban J connectivity index is 4.01. The van der Waals surface area contributed by atoms with Crippen molar-refractivity contribution in [2.45, 2.75) is 46.3 Å². The highest BCUT2D eigenvalue weighted by atomic mass is 16.5. The molecule has 0 rings (SSSR count). The standard InChI is InChI=1S/C10H21NO2/c1-6-9(7(2)3)11-10(12)8(4)13-5/h7-9H,6H2,1-5H3,(H,11,12). The highest BCUT2D eigenvalue weighted by molar-refractivity contribution is 5.80. The van der Waals surface area contributed by atoms with Crippen molar-refractivity contribution in [3.8, 4) is 0 Å². The molecule has 0 saturated carbocycles. The monoisotopic (exact) mass is 187 g/mol. The van der Waals surface area contributed by atoms with Gasteiger partial charge in [0.1, 0.15) is 6.10 Å². The number of carbonyl (C=O) groups excluding carboxylic acids is 1. The van der Waals surface area contributed by atoms with Crippen molar-refractivity contribution in [1.82, 2.24) is 5.32 Å². The minimum Gasteiger partial charge on any atom is -0.372 e. The third-order valence-corrected chi connectivity index (χ3v) is 2.29. The summed E-state index contributed by atoms with van der Waals surface area (Å²) in [4.78, 5) is 11.4. The lowest BCUT2D eigenvalue weighted by Crippen LogP contribution is -2.43. The molecule has 0 aliphatic rings. The van der Waals surface area contributed by atoms with E-state index in [1.165, 1.54) is 0 Å². The number of methoxy groups -OCH3 is 1. The summed E-state index contributed by atoms with van der Waals surface area (Å²) in [5, 5.41) is 2.95. The van der Waals surface area contributed by atoms with Crippen molar-refractivity contribution < 1.29 is 9.53 Å². The fraction of sp³-hybridized carbons (Fsp3) is 0.900. The lowest BCUT2D eigenvalue weighted by molar-refractivity contribution is -0.131. The molecule has 0 aliphatic carbocycles. The molecular formula is C10H21NO2. The lowest BCUT2D eigenvalue weighted by Gasteiger charge is -2.22. The zero-order valence-electron chi connectivity index (χ0n) is 9.26. The Hall–Kier alpha value is -0.570. The molecule has 2 unspecified atom stereocenters. The number of rotatable bonds is 5. The number of hydrogen-bond donors (Lipinski definition) is 1. The number of nitrogens with one attached hydrogen (secondary N) is 1. The quantitative estimate of drug-likeness (QED) is 0.709. The molecule has 1 amide bonds. The molecule has 0 radical (unpaired) electrons. The first-order valence-corrected chi connectivity index (χ1v) is 4.86. The largest absolute Gasteiger partial charge is 0.372 e. The van der Waals surface area contributed by atoms with Crippen molar-refractivity contribution in [3.05, 3.63) is 0 Å². The van der Waals surface area contributed by atoms with Gasteiger partial charge in [-0.2, -0.15) is 0 Å².